The molecule has 14 heteroatoms. The lowest BCUT2D eigenvalue weighted by Crippen LogP contribution is -2.63. The number of ether oxygens (including phenoxy) is 2. The summed E-state index contributed by atoms with van der Waals surface area (Å²) in [5.41, 5.74) is 2.82. The number of halogens is 1. The number of hydrogen-bond donors (Lipinski definition) is 1. The van der Waals surface area contributed by atoms with Crippen LogP contribution in [0.25, 0.3) is 0 Å². The van der Waals surface area contributed by atoms with Crippen LogP contribution in [0.5, 0.6) is 5.75 Å². The normalized spacial score (nSPS) is 32.3. The SMILES string of the molecule is CO[C@]1(CN2CCN3CCS(=O)(=O)C[C@@H]3C2)CCC[C@H](C)[C@@H](C)S(=O)(=O)NC(=O)c2ccc3c(c2)N(CCCCc2cc(Cl)ccc2CO3)C[C@@H]2CC[C@H]21. The van der Waals surface area contributed by atoms with E-state index in [1.807, 2.05) is 32.2 Å². The highest BCUT2D eigenvalue weighted by atomic mass is 35.5. The molecular weight excluding hydrogens is 748 g/mol. The molecule has 0 radical (unpaired) electrons. The van der Waals surface area contributed by atoms with Crippen molar-refractivity contribution in [2.45, 2.75) is 88.7 Å². The van der Waals surface area contributed by atoms with Gasteiger partial charge in [-0.3, -0.25) is 14.6 Å². The summed E-state index contributed by atoms with van der Waals surface area (Å²) in [5, 5.41) is -0.0786. The quantitative estimate of drug-likeness (QED) is 0.445. The van der Waals surface area contributed by atoms with Crippen molar-refractivity contribution in [3.63, 3.8) is 0 Å². The predicted molar refractivity (Wildman–Crippen MR) is 213 cm³/mol. The monoisotopic (exact) mass is 804 g/mol. The molecule has 3 fully saturated rings. The van der Waals surface area contributed by atoms with Crippen LogP contribution >= 0.6 is 11.6 Å². The van der Waals surface area contributed by atoms with Crippen molar-refractivity contribution in [1.29, 1.82) is 0 Å². The smallest absolute Gasteiger partial charge is 0.264 e. The van der Waals surface area contributed by atoms with Gasteiger partial charge in [0.1, 0.15) is 12.4 Å². The highest BCUT2D eigenvalue weighted by Gasteiger charge is 2.50. The van der Waals surface area contributed by atoms with Gasteiger partial charge >= 0.3 is 0 Å². The van der Waals surface area contributed by atoms with Crippen LogP contribution in [-0.2, 0) is 37.6 Å². The van der Waals surface area contributed by atoms with Crippen molar-refractivity contribution in [2.24, 2.45) is 17.8 Å². The van der Waals surface area contributed by atoms with Crippen molar-refractivity contribution < 1.29 is 31.1 Å². The van der Waals surface area contributed by atoms with Crippen LogP contribution in [0.4, 0.5) is 5.69 Å². The summed E-state index contributed by atoms with van der Waals surface area (Å²) in [7, 11) is -5.20. The van der Waals surface area contributed by atoms with Crippen LogP contribution in [-0.4, -0.2) is 114 Å². The maximum Gasteiger partial charge on any atom is 0.264 e. The molecule has 7 rings (SSSR count). The number of sulfonamides is 1. The van der Waals surface area contributed by atoms with E-state index < -0.39 is 36.6 Å². The van der Waals surface area contributed by atoms with Gasteiger partial charge in [-0.05, 0) is 111 Å². The lowest BCUT2D eigenvalue weighted by molar-refractivity contribution is -0.135. The number of aryl methyl sites for hydroxylation is 1. The Kier molecular flexibility index (Phi) is 11.9. The molecule has 1 saturated carbocycles. The fourth-order valence-electron chi connectivity index (χ4n) is 9.65. The number of carbonyl (C=O) groups is 1. The van der Waals surface area contributed by atoms with Gasteiger partial charge in [-0.1, -0.05) is 31.0 Å². The van der Waals surface area contributed by atoms with Gasteiger partial charge in [0.25, 0.3) is 5.91 Å². The van der Waals surface area contributed by atoms with Crippen molar-refractivity contribution in [3.05, 3.63) is 58.1 Å². The number of benzene rings is 2. The fraction of sp³-hybridized carbons (Fsp3) is 0.675. The van der Waals surface area contributed by atoms with Crippen molar-refractivity contribution in [2.75, 3.05) is 69.3 Å². The zero-order valence-electron chi connectivity index (χ0n) is 32.0. The average Bonchev–Trinajstić information content (AvgIpc) is 3.14. The van der Waals surface area contributed by atoms with Crippen LogP contribution < -0.4 is 14.4 Å². The molecule has 1 amide bonds. The summed E-state index contributed by atoms with van der Waals surface area (Å²) < 4.78 is 68.2. The lowest BCUT2D eigenvalue weighted by Gasteiger charge is -2.54. The van der Waals surface area contributed by atoms with Crippen LogP contribution in [0.1, 0.15) is 80.3 Å². The Labute approximate surface area is 327 Å². The number of amides is 1. The Balaban J connectivity index is 1.23. The van der Waals surface area contributed by atoms with Gasteiger partial charge < -0.3 is 14.4 Å². The molecule has 1 N–H and O–H groups in total. The number of anilines is 1. The number of rotatable bonds is 3. The fourth-order valence-corrected chi connectivity index (χ4v) is 12.7. The second-order valence-electron chi connectivity index (χ2n) is 16.6. The number of hydrogen-bond acceptors (Lipinski definition) is 10. The zero-order chi connectivity index (χ0) is 38.3. The van der Waals surface area contributed by atoms with E-state index in [1.165, 1.54) is 5.56 Å². The first kappa shape index (κ1) is 39.8. The Bertz CT molecular complexity index is 1910. The van der Waals surface area contributed by atoms with Gasteiger partial charge in [0.15, 0.2) is 9.84 Å². The van der Waals surface area contributed by atoms with Gasteiger partial charge in [-0.15, -0.1) is 0 Å². The molecule has 2 saturated heterocycles. The molecule has 0 aromatic heterocycles. The molecule has 4 aliphatic heterocycles. The minimum absolute atomic E-state index is 0.0120. The summed E-state index contributed by atoms with van der Waals surface area (Å²) in [5.74, 6) is 0.821. The van der Waals surface area contributed by atoms with Crippen LogP contribution in [0.3, 0.4) is 0 Å². The molecule has 5 aliphatic rings. The van der Waals surface area contributed by atoms with Gasteiger partial charge in [0.2, 0.25) is 10.0 Å². The molecule has 6 atom stereocenters. The molecule has 54 heavy (non-hydrogen) atoms. The average molecular weight is 806 g/mol. The number of nitrogens with one attached hydrogen (secondary N) is 1. The molecule has 11 nitrogen and oxygen atoms in total. The third-order valence-corrected chi connectivity index (χ3v) is 17.1. The maximum absolute atomic E-state index is 13.6. The Morgan fingerprint density at radius 2 is 1.78 bits per heavy atom. The van der Waals surface area contributed by atoms with Gasteiger partial charge in [0.05, 0.1) is 28.0 Å². The standard InChI is InChI=1S/C40H57ClN4O7S2/c1-28-7-6-15-40(51-3,27-43-17-18-44-19-20-53(47,48)26-35(44)24-43)36-13-10-32(36)23-45-16-5-4-8-30-21-34(41)12-9-33(30)25-52-38-14-11-31(22-37(38)45)39(46)42-54(49,50)29(28)2/h9,11-12,14,21-22,28-29,32,35-36H,4-8,10,13,15-20,23-27H2,1-3H3,(H,42,46)/t28-,29+,32-,35-,36+,40-/m0/s1. The maximum atomic E-state index is 13.6. The van der Waals surface area contributed by atoms with E-state index in [0.717, 1.165) is 82.4 Å². The van der Waals surface area contributed by atoms with Gasteiger partial charge in [-0.25, -0.2) is 21.6 Å². The van der Waals surface area contributed by atoms with Crippen LogP contribution in [0, 0.1) is 17.8 Å². The zero-order valence-corrected chi connectivity index (χ0v) is 34.4. The molecule has 298 valence electrons. The predicted octanol–water partition coefficient (Wildman–Crippen LogP) is 5.16. The van der Waals surface area contributed by atoms with E-state index >= 15 is 0 Å². The third-order valence-electron chi connectivity index (χ3n) is 13.3. The Morgan fingerprint density at radius 1 is 0.944 bits per heavy atom. The van der Waals surface area contributed by atoms with Crippen molar-refractivity contribution >= 4 is 43.1 Å². The molecule has 2 bridgehead atoms. The van der Waals surface area contributed by atoms with Crippen molar-refractivity contribution in [3.8, 4) is 5.75 Å². The van der Waals surface area contributed by atoms with E-state index in [9.17, 15) is 21.6 Å². The summed E-state index contributed by atoms with van der Waals surface area (Å²) >= 11 is 6.40. The third kappa shape index (κ3) is 8.61. The molecule has 4 heterocycles. The minimum Gasteiger partial charge on any atom is -0.487 e. The minimum atomic E-state index is -3.97. The highest BCUT2D eigenvalue weighted by Crippen LogP contribution is 2.48. The topological polar surface area (TPSA) is 126 Å². The Hall–Kier alpha value is -2.42. The van der Waals surface area contributed by atoms with E-state index in [2.05, 4.69) is 19.4 Å². The van der Waals surface area contributed by atoms with E-state index in [-0.39, 0.29) is 34.9 Å². The van der Waals surface area contributed by atoms with Crippen LogP contribution in [0.2, 0.25) is 5.02 Å². The van der Waals surface area contributed by atoms with Crippen LogP contribution in [0.15, 0.2) is 36.4 Å². The van der Waals surface area contributed by atoms with Gasteiger partial charge in [-0.2, -0.15) is 0 Å². The Morgan fingerprint density at radius 3 is 2.56 bits per heavy atom. The first-order valence-electron chi connectivity index (χ1n) is 19.8. The number of piperazine rings is 1. The molecule has 2 aromatic rings. The number of nitrogens with zero attached hydrogens (tertiary/aromatic N) is 3. The van der Waals surface area contributed by atoms with Gasteiger partial charge in [0, 0.05) is 69.6 Å². The number of sulfone groups is 1. The largest absolute Gasteiger partial charge is 0.487 e. The lowest BCUT2D eigenvalue weighted by atomic mass is 9.62. The second-order valence-corrected chi connectivity index (χ2v) is 21.3. The highest BCUT2D eigenvalue weighted by molar-refractivity contribution is 7.91. The molecule has 0 spiro atoms. The summed E-state index contributed by atoms with van der Waals surface area (Å²) in [6.45, 7) is 9.16. The van der Waals surface area contributed by atoms with E-state index in [0.29, 0.717) is 49.4 Å². The summed E-state index contributed by atoms with van der Waals surface area (Å²) in [4.78, 5) is 20.7. The first-order chi connectivity index (χ1) is 25.8. The van der Waals surface area contributed by atoms with Crippen molar-refractivity contribution in [1.82, 2.24) is 14.5 Å². The molecule has 0 unspecified atom stereocenters. The van der Waals surface area contributed by atoms with E-state index in [1.54, 1.807) is 25.1 Å². The summed E-state index contributed by atoms with van der Waals surface area (Å²) in [6.07, 6.45) is 7.01. The number of carbonyl (C=O) groups excluding carboxylic acids is 1. The molecular formula is C40H57ClN4O7S2. The van der Waals surface area contributed by atoms with E-state index in [4.69, 9.17) is 21.1 Å². The second kappa shape index (κ2) is 16.2. The number of methoxy groups -OCH3 is 1. The number of fused-ring (bicyclic) bond motifs is 4. The summed E-state index contributed by atoms with van der Waals surface area (Å²) in [6, 6.07) is 11.2. The molecule has 1 aliphatic carbocycles. The first-order valence-corrected chi connectivity index (χ1v) is 23.6. The molecule has 2 aromatic carbocycles.